The molecule has 2 saturated heterocycles. The normalized spacial score (nSPS) is 26.3. The van der Waals surface area contributed by atoms with Crippen molar-refractivity contribution < 1.29 is 38.7 Å². The molecule has 0 aliphatic carbocycles. The molecule has 2 rings (SSSR count). The van der Waals surface area contributed by atoms with Gasteiger partial charge in [0.05, 0.1) is 64.9 Å². The number of hydrogen-bond donors (Lipinski definition) is 2. The van der Waals surface area contributed by atoms with Gasteiger partial charge in [-0.3, -0.25) is 0 Å². The summed E-state index contributed by atoms with van der Waals surface area (Å²) in [4.78, 5) is 12.3. The third kappa shape index (κ3) is 7.73. The van der Waals surface area contributed by atoms with Crippen molar-refractivity contribution in [3.8, 4) is 0 Å². The molecule has 0 aromatic rings. The molecular formula is C17H31NO8. The number of rotatable bonds is 12. The standard InChI is InChI=1S/C17H31NO8/c19-13-14-11-15(12-18(14)17(20)21)24-9-7-22-5-6-23-8-10-26-16-3-1-2-4-25-16/h14-16,19H,1-13H2,(H,20,21)/t14-,15+,16?/m0/s1. The Labute approximate surface area is 154 Å². The van der Waals surface area contributed by atoms with Gasteiger partial charge in [0.2, 0.25) is 0 Å². The van der Waals surface area contributed by atoms with Crippen molar-refractivity contribution in [3.63, 3.8) is 0 Å². The SMILES string of the molecule is O=C(O)N1C[C@H](OCCOCCOCCOC2CCCCO2)C[C@H]1CO. The van der Waals surface area contributed by atoms with Crippen LogP contribution in [0.5, 0.6) is 0 Å². The van der Waals surface area contributed by atoms with E-state index in [-0.39, 0.29) is 31.6 Å². The second kappa shape index (κ2) is 12.4. The van der Waals surface area contributed by atoms with Crippen LogP contribution in [-0.2, 0) is 23.7 Å². The van der Waals surface area contributed by atoms with Gasteiger partial charge in [-0.15, -0.1) is 0 Å². The third-order valence-electron chi connectivity index (χ3n) is 4.46. The van der Waals surface area contributed by atoms with Crippen molar-refractivity contribution in [2.24, 2.45) is 0 Å². The lowest BCUT2D eigenvalue weighted by molar-refractivity contribution is -0.169. The molecule has 0 saturated carbocycles. The van der Waals surface area contributed by atoms with Crippen LogP contribution in [0, 0.1) is 0 Å². The van der Waals surface area contributed by atoms with Gasteiger partial charge >= 0.3 is 6.09 Å². The first-order valence-electron chi connectivity index (χ1n) is 9.31. The molecule has 2 aliphatic heterocycles. The van der Waals surface area contributed by atoms with Crippen LogP contribution in [0.4, 0.5) is 4.79 Å². The van der Waals surface area contributed by atoms with Crippen LogP contribution in [0.3, 0.4) is 0 Å². The van der Waals surface area contributed by atoms with Gasteiger partial charge in [-0.25, -0.2) is 4.79 Å². The molecule has 2 N–H and O–H groups in total. The van der Waals surface area contributed by atoms with Gasteiger partial charge in [0, 0.05) is 6.61 Å². The molecular weight excluding hydrogens is 346 g/mol. The average molecular weight is 377 g/mol. The summed E-state index contributed by atoms with van der Waals surface area (Å²) >= 11 is 0. The molecule has 0 spiro atoms. The number of carboxylic acid groups (broad SMARTS) is 1. The molecule has 2 aliphatic rings. The maximum absolute atomic E-state index is 11.0. The Morgan fingerprint density at radius 3 is 2.31 bits per heavy atom. The van der Waals surface area contributed by atoms with Crippen LogP contribution < -0.4 is 0 Å². The number of nitrogens with zero attached hydrogens (tertiary/aromatic N) is 1. The topological polar surface area (TPSA) is 107 Å². The summed E-state index contributed by atoms with van der Waals surface area (Å²) in [5.74, 6) is 0. The molecule has 9 heteroatoms. The Kier molecular flexibility index (Phi) is 10.2. The van der Waals surface area contributed by atoms with Gasteiger partial charge in [-0.2, -0.15) is 0 Å². The largest absolute Gasteiger partial charge is 0.465 e. The maximum Gasteiger partial charge on any atom is 0.407 e. The molecule has 0 bridgehead atoms. The fraction of sp³-hybridized carbons (Fsp3) is 0.941. The van der Waals surface area contributed by atoms with E-state index in [0.29, 0.717) is 46.1 Å². The number of aliphatic hydroxyl groups is 1. The second-order valence-corrected chi connectivity index (χ2v) is 6.39. The number of hydrogen-bond acceptors (Lipinski definition) is 7. The smallest absolute Gasteiger partial charge is 0.407 e. The van der Waals surface area contributed by atoms with Crippen LogP contribution in [0.25, 0.3) is 0 Å². The van der Waals surface area contributed by atoms with Crippen molar-refractivity contribution in [1.82, 2.24) is 4.90 Å². The molecule has 0 aromatic carbocycles. The van der Waals surface area contributed by atoms with E-state index in [4.69, 9.17) is 28.8 Å². The summed E-state index contributed by atoms with van der Waals surface area (Å²) in [6, 6.07) is -0.381. The van der Waals surface area contributed by atoms with E-state index in [2.05, 4.69) is 0 Å². The molecule has 1 unspecified atom stereocenters. The van der Waals surface area contributed by atoms with E-state index >= 15 is 0 Å². The van der Waals surface area contributed by atoms with E-state index < -0.39 is 6.09 Å². The number of carbonyl (C=O) groups is 1. The summed E-state index contributed by atoms with van der Waals surface area (Å²) in [7, 11) is 0. The van der Waals surface area contributed by atoms with Crippen LogP contribution in [0.1, 0.15) is 25.7 Å². The van der Waals surface area contributed by atoms with Crippen molar-refractivity contribution in [2.75, 3.05) is 59.4 Å². The van der Waals surface area contributed by atoms with Crippen LogP contribution in [0.2, 0.25) is 0 Å². The fourth-order valence-electron chi connectivity index (χ4n) is 3.08. The molecule has 9 nitrogen and oxygen atoms in total. The molecule has 152 valence electrons. The Hall–Kier alpha value is -0.970. The molecule has 2 fully saturated rings. The van der Waals surface area contributed by atoms with Crippen LogP contribution >= 0.6 is 0 Å². The van der Waals surface area contributed by atoms with E-state index in [1.807, 2.05) is 0 Å². The summed E-state index contributed by atoms with van der Waals surface area (Å²) < 4.78 is 27.5. The molecule has 26 heavy (non-hydrogen) atoms. The molecule has 3 atom stereocenters. The fourth-order valence-corrected chi connectivity index (χ4v) is 3.08. The van der Waals surface area contributed by atoms with Gasteiger partial charge in [-0.1, -0.05) is 0 Å². The Bertz CT molecular complexity index is 391. The highest BCUT2D eigenvalue weighted by Crippen LogP contribution is 2.20. The minimum absolute atomic E-state index is 0.0844. The number of ether oxygens (including phenoxy) is 5. The van der Waals surface area contributed by atoms with Gasteiger partial charge in [0.1, 0.15) is 0 Å². The quantitative estimate of drug-likeness (QED) is 0.479. The van der Waals surface area contributed by atoms with E-state index in [0.717, 1.165) is 25.9 Å². The van der Waals surface area contributed by atoms with E-state index in [1.54, 1.807) is 0 Å². The first-order valence-corrected chi connectivity index (χ1v) is 9.31. The summed E-state index contributed by atoms with van der Waals surface area (Å²) in [6.45, 7) is 3.66. The predicted molar refractivity (Wildman–Crippen MR) is 91.1 cm³/mol. The zero-order valence-corrected chi connectivity index (χ0v) is 15.2. The highest BCUT2D eigenvalue weighted by Gasteiger charge is 2.35. The number of likely N-dealkylation sites (tertiary alicyclic amines) is 1. The lowest BCUT2D eigenvalue weighted by atomic mass is 10.2. The van der Waals surface area contributed by atoms with Gasteiger partial charge in [0.15, 0.2) is 6.29 Å². The molecule has 2 heterocycles. The Morgan fingerprint density at radius 2 is 1.73 bits per heavy atom. The molecule has 0 radical (unpaired) electrons. The Balaban J connectivity index is 1.37. The first-order chi connectivity index (χ1) is 12.7. The van der Waals surface area contributed by atoms with Gasteiger partial charge in [0.25, 0.3) is 0 Å². The van der Waals surface area contributed by atoms with Crippen molar-refractivity contribution in [3.05, 3.63) is 0 Å². The summed E-state index contributed by atoms with van der Waals surface area (Å²) in [5.41, 5.74) is 0. The third-order valence-corrected chi connectivity index (χ3v) is 4.46. The average Bonchev–Trinajstić information content (AvgIpc) is 3.08. The number of aliphatic hydroxyl groups excluding tert-OH is 1. The van der Waals surface area contributed by atoms with Crippen molar-refractivity contribution >= 4 is 6.09 Å². The second-order valence-electron chi connectivity index (χ2n) is 6.39. The van der Waals surface area contributed by atoms with Gasteiger partial charge < -0.3 is 38.8 Å². The maximum atomic E-state index is 11.0. The molecule has 1 amide bonds. The Morgan fingerprint density at radius 1 is 1.04 bits per heavy atom. The summed E-state index contributed by atoms with van der Waals surface area (Å²) in [6.07, 6.45) is 2.42. The minimum Gasteiger partial charge on any atom is -0.465 e. The van der Waals surface area contributed by atoms with Crippen LogP contribution in [-0.4, -0.2) is 99.0 Å². The number of amides is 1. The lowest BCUT2D eigenvalue weighted by Crippen LogP contribution is -2.36. The van der Waals surface area contributed by atoms with Crippen molar-refractivity contribution in [2.45, 2.75) is 44.1 Å². The monoisotopic (exact) mass is 377 g/mol. The zero-order chi connectivity index (χ0) is 18.6. The predicted octanol–water partition coefficient (Wildman–Crippen LogP) is 0.693. The lowest BCUT2D eigenvalue weighted by Gasteiger charge is -2.22. The first kappa shape index (κ1) is 21.3. The highest BCUT2D eigenvalue weighted by molar-refractivity contribution is 5.66. The molecule has 0 aromatic heterocycles. The van der Waals surface area contributed by atoms with E-state index in [9.17, 15) is 9.90 Å². The van der Waals surface area contributed by atoms with Crippen molar-refractivity contribution in [1.29, 1.82) is 0 Å². The summed E-state index contributed by atoms with van der Waals surface area (Å²) in [5, 5.41) is 18.2. The van der Waals surface area contributed by atoms with E-state index in [1.165, 1.54) is 4.90 Å². The minimum atomic E-state index is -1.03. The van der Waals surface area contributed by atoms with Gasteiger partial charge in [-0.05, 0) is 25.7 Å². The zero-order valence-electron chi connectivity index (χ0n) is 15.2. The van der Waals surface area contributed by atoms with Crippen LogP contribution in [0.15, 0.2) is 0 Å². The highest BCUT2D eigenvalue weighted by atomic mass is 16.7.